The highest BCUT2D eigenvalue weighted by Gasteiger charge is 2.44. The van der Waals surface area contributed by atoms with E-state index in [1.807, 2.05) is 13.8 Å². The highest BCUT2D eigenvalue weighted by Crippen LogP contribution is 2.32. The first-order chi connectivity index (χ1) is 9.07. The largest absolute Gasteiger partial charge is 0.409 e. The number of aliphatic hydroxyl groups is 1. The number of amidine groups is 1. The summed E-state index contributed by atoms with van der Waals surface area (Å²) in [5.41, 5.74) is 4.80. The summed E-state index contributed by atoms with van der Waals surface area (Å²) in [6, 6.07) is -0.148. The molecule has 1 saturated heterocycles. The van der Waals surface area contributed by atoms with Crippen molar-refractivity contribution < 1.29 is 15.1 Å². The van der Waals surface area contributed by atoms with Gasteiger partial charge in [-0.15, -0.1) is 0 Å². The number of nitrogens with two attached hydrogens (primary N) is 1. The monoisotopic (exact) mass is 271 g/mol. The minimum atomic E-state index is -0.959. The molecule has 0 spiro atoms. The summed E-state index contributed by atoms with van der Waals surface area (Å²) >= 11 is 0. The Kier molecular flexibility index (Phi) is 5.60. The molecule has 0 aromatic heterocycles. The second kappa shape index (κ2) is 6.75. The van der Waals surface area contributed by atoms with Crippen molar-refractivity contribution >= 4 is 11.7 Å². The second-order valence-electron chi connectivity index (χ2n) is 5.11. The summed E-state index contributed by atoms with van der Waals surface area (Å²) in [5, 5.41) is 21.4. The summed E-state index contributed by atoms with van der Waals surface area (Å²) < 4.78 is 0. The van der Waals surface area contributed by atoms with Crippen molar-refractivity contribution in [1.82, 2.24) is 4.90 Å². The maximum Gasteiger partial charge on any atom is 0.236 e. The van der Waals surface area contributed by atoms with Gasteiger partial charge in [0.2, 0.25) is 5.91 Å². The van der Waals surface area contributed by atoms with Crippen LogP contribution >= 0.6 is 0 Å². The Labute approximate surface area is 114 Å². The lowest BCUT2D eigenvalue weighted by Crippen LogP contribution is -2.56. The summed E-state index contributed by atoms with van der Waals surface area (Å²) in [5.74, 6) is -0.170. The molecule has 0 radical (unpaired) electrons. The van der Waals surface area contributed by atoms with E-state index in [1.165, 1.54) is 0 Å². The Balaban J connectivity index is 3.05. The van der Waals surface area contributed by atoms with Gasteiger partial charge in [0, 0.05) is 6.54 Å². The number of aliphatic hydroxyl groups excluding tert-OH is 1. The zero-order chi connectivity index (χ0) is 14.5. The number of amides is 1. The van der Waals surface area contributed by atoms with Crippen molar-refractivity contribution in [3.8, 4) is 0 Å². The van der Waals surface area contributed by atoms with E-state index in [1.54, 1.807) is 4.90 Å². The molecular formula is C13H25N3O3. The Morgan fingerprint density at radius 2 is 2.05 bits per heavy atom. The predicted molar refractivity (Wildman–Crippen MR) is 72.9 cm³/mol. The number of rotatable bonds is 5. The highest BCUT2D eigenvalue weighted by molar-refractivity contribution is 6.06. The van der Waals surface area contributed by atoms with Crippen LogP contribution in [0.15, 0.2) is 5.16 Å². The zero-order valence-electron chi connectivity index (χ0n) is 11.8. The molecule has 1 aliphatic heterocycles. The first-order valence-corrected chi connectivity index (χ1v) is 6.97. The predicted octanol–water partition coefficient (Wildman–Crippen LogP) is 0.913. The minimum Gasteiger partial charge on any atom is -0.409 e. The van der Waals surface area contributed by atoms with E-state index in [0.29, 0.717) is 19.4 Å². The maximum absolute atomic E-state index is 12.8. The van der Waals surface area contributed by atoms with Crippen LogP contribution in [0.1, 0.15) is 46.0 Å². The van der Waals surface area contributed by atoms with Gasteiger partial charge in [-0.1, -0.05) is 19.0 Å². The fraction of sp³-hybridized carbons (Fsp3) is 0.846. The highest BCUT2D eigenvalue weighted by atomic mass is 16.4. The molecule has 0 saturated carbocycles. The first kappa shape index (κ1) is 15.8. The Morgan fingerprint density at radius 3 is 2.53 bits per heavy atom. The van der Waals surface area contributed by atoms with E-state index >= 15 is 0 Å². The fourth-order valence-electron chi connectivity index (χ4n) is 2.85. The van der Waals surface area contributed by atoms with E-state index in [2.05, 4.69) is 5.16 Å². The van der Waals surface area contributed by atoms with Gasteiger partial charge < -0.3 is 20.9 Å². The summed E-state index contributed by atoms with van der Waals surface area (Å²) in [4.78, 5) is 14.5. The van der Waals surface area contributed by atoms with Crippen LogP contribution in [0.2, 0.25) is 0 Å². The quantitative estimate of drug-likeness (QED) is 0.299. The fourth-order valence-corrected chi connectivity index (χ4v) is 2.85. The van der Waals surface area contributed by atoms with Crippen LogP contribution in [-0.2, 0) is 4.79 Å². The second-order valence-corrected chi connectivity index (χ2v) is 5.11. The number of likely N-dealkylation sites (tertiary alicyclic amines) is 1. The van der Waals surface area contributed by atoms with Crippen molar-refractivity contribution in [3.63, 3.8) is 0 Å². The Morgan fingerprint density at radius 1 is 1.42 bits per heavy atom. The number of piperidine rings is 1. The summed E-state index contributed by atoms with van der Waals surface area (Å²) in [6.45, 7) is 4.31. The van der Waals surface area contributed by atoms with Crippen LogP contribution in [0.25, 0.3) is 0 Å². The molecule has 6 nitrogen and oxygen atoms in total. The number of nitrogens with zero attached hydrogens (tertiary/aromatic N) is 2. The lowest BCUT2D eigenvalue weighted by molar-refractivity contribution is -0.143. The first-order valence-electron chi connectivity index (χ1n) is 6.97. The molecule has 1 unspecified atom stereocenters. The van der Waals surface area contributed by atoms with Gasteiger partial charge in [-0.25, -0.2) is 0 Å². The van der Waals surface area contributed by atoms with Crippen molar-refractivity contribution in [3.05, 3.63) is 0 Å². The van der Waals surface area contributed by atoms with Gasteiger partial charge in [-0.2, -0.15) is 0 Å². The number of carbonyl (C=O) groups is 1. The van der Waals surface area contributed by atoms with Crippen molar-refractivity contribution in [1.29, 1.82) is 0 Å². The molecule has 0 aliphatic carbocycles. The van der Waals surface area contributed by atoms with Crippen LogP contribution in [0.4, 0.5) is 0 Å². The molecule has 1 atom stereocenters. The number of hydrogen-bond donors (Lipinski definition) is 3. The van der Waals surface area contributed by atoms with Gasteiger partial charge in [0.05, 0.1) is 12.6 Å². The molecule has 1 heterocycles. The summed E-state index contributed by atoms with van der Waals surface area (Å²) in [6.07, 6.45) is 3.72. The molecule has 1 fully saturated rings. The van der Waals surface area contributed by atoms with Crippen molar-refractivity contribution in [2.75, 3.05) is 13.2 Å². The minimum absolute atomic E-state index is 0.0363. The van der Waals surface area contributed by atoms with Gasteiger partial charge in [0.15, 0.2) is 5.84 Å². The Bertz CT molecular complexity index is 340. The molecule has 110 valence electrons. The average Bonchev–Trinajstić information content (AvgIpc) is 2.48. The number of oxime groups is 1. The molecule has 0 bridgehead atoms. The van der Waals surface area contributed by atoms with Crippen molar-refractivity contribution in [2.45, 2.75) is 52.0 Å². The van der Waals surface area contributed by atoms with Gasteiger partial charge in [0.25, 0.3) is 0 Å². The molecular weight excluding hydrogens is 246 g/mol. The SMILES string of the molecule is CCC(CC)(C(=O)N1CCCCC1CO)C(N)=NO. The number of hydrogen-bond acceptors (Lipinski definition) is 4. The van der Waals surface area contributed by atoms with Gasteiger partial charge in [-0.05, 0) is 32.1 Å². The molecule has 1 amide bonds. The van der Waals surface area contributed by atoms with E-state index in [0.717, 1.165) is 19.3 Å². The van der Waals surface area contributed by atoms with Gasteiger partial charge in [-0.3, -0.25) is 4.79 Å². The molecule has 4 N–H and O–H groups in total. The smallest absolute Gasteiger partial charge is 0.236 e. The molecule has 1 aliphatic rings. The molecule has 0 aromatic carbocycles. The average molecular weight is 271 g/mol. The van der Waals surface area contributed by atoms with Crippen LogP contribution in [0, 0.1) is 5.41 Å². The third-order valence-electron chi connectivity index (χ3n) is 4.31. The van der Waals surface area contributed by atoms with Crippen LogP contribution in [0.3, 0.4) is 0 Å². The molecule has 6 heteroatoms. The normalized spacial score (nSPS) is 21.5. The van der Waals surface area contributed by atoms with Crippen LogP contribution in [0.5, 0.6) is 0 Å². The summed E-state index contributed by atoms with van der Waals surface area (Å²) in [7, 11) is 0. The molecule has 19 heavy (non-hydrogen) atoms. The van der Waals surface area contributed by atoms with Crippen LogP contribution < -0.4 is 5.73 Å². The van der Waals surface area contributed by atoms with E-state index in [9.17, 15) is 9.90 Å². The van der Waals surface area contributed by atoms with E-state index in [4.69, 9.17) is 10.9 Å². The topological polar surface area (TPSA) is 99.2 Å². The van der Waals surface area contributed by atoms with Crippen LogP contribution in [-0.4, -0.2) is 46.1 Å². The third kappa shape index (κ3) is 2.83. The lowest BCUT2D eigenvalue weighted by atomic mass is 9.78. The van der Waals surface area contributed by atoms with Gasteiger partial charge in [0.1, 0.15) is 5.41 Å². The Hall–Kier alpha value is -1.30. The van der Waals surface area contributed by atoms with Crippen molar-refractivity contribution in [2.24, 2.45) is 16.3 Å². The van der Waals surface area contributed by atoms with E-state index < -0.39 is 5.41 Å². The molecule has 1 rings (SSSR count). The number of carbonyl (C=O) groups excluding carboxylic acids is 1. The standard InChI is InChI=1S/C13H25N3O3/c1-3-13(4-2,11(14)15-19)12(18)16-8-6-5-7-10(16)9-17/h10,17,19H,3-9H2,1-2H3,(H2,14,15). The van der Waals surface area contributed by atoms with Gasteiger partial charge >= 0.3 is 0 Å². The third-order valence-corrected chi connectivity index (χ3v) is 4.31. The maximum atomic E-state index is 12.8. The zero-order valence-corrected chi connectivity index (χ0v) is 11.8. The molecule has 0 aromatic rings. The lowest BCUT2D eigenvalue weighted by Gasteiger charge is -2.41. The van der Waals surface area contributed by atoms with E-state index in [-0.39, 0.29) is 24.4 Å².